The van der Waals surface area contributed by atoms with Crippen molar-refractivity contribution in [2.24, 2.45) is 0 Å². The van der Waals surface area contributed by atoms with Crippen LogP contribution in [0.2, 0.25) is 0 Å². The maximum absolute atomic E-state index is 12.5. The Morgan fingerprint density at radius 3 is 2.95 bits per heavy atom. The van der Waals surface area contributed by atoms with E-state index in [4.69, 9.17) is 0 Å². The van der Waals surface area contributed by atoms with Gasteiger partial charge in [-0.15, -0.1) is 0 Å². The summed E-state index contributed by atoms with van der Waals surface area (Å²) >= 11 is 1.79. The molecule has 1 aliphatic heterocycles. The summed E-state index contributed by atoms with van der Waals surface area (Å²) in [6.07, 6.45) is 2.04. The fraction of sp³-hybridized carbons (Fsp3) is 0.500. The number of anilines is 1. The van der Waals surface area contributed by atoms with E-state index in [1.165, 1.54) is 6.07 Å². The fourth-order valence-corrected chi connectivity index (χ4v) is 3.35. The molecule has 0 aliphatic carbocycles. The van der Waals surface area contributed by atoms with Crippen LogP contribution in [-0.4, -0.2) is 52.4 Å². The molecule has 2 rings (SSSR count). The van der Waals surface area contributed by atoms with Gasteiger partial charge in [0.05, 0.1) is 4.92 Å². The van der Waals surface area contributed by atoms with Crippen molar-refractivity contribution in [3.63, 3.8) is 0 Å². The molecule has 1 aromatic heterocycles. The Bertz CT molecular complexity index is 531. The highest BCUT2D eigenvalue weighted by Crippen LogP contribution is 2.26. The highest BCUT2D eigenvalue weighted by molar-refractivity contribution is 7.99. The molecule has 1 unspecified atom stereocenters. The lowest BCUT2D eigenvalue weighted by Crippen LogP contribution is -2.37. The monoisotopic (exact) mass is 296 g/mol. The van der Waals surface area contributed by atoms with Gasteiger partial charge in [-0.1, -0.05) is 0 Å². The van der Waals surface area contributed by atoms with Crippen molar-refractivity contribution in [1.29, 1.82) is 0 Å². The van der Waals surface area contributed by atoms with Gasteiger partial charge in [-0.2, -0.15) is 11.8 Å². The van der Waals surface area contributed by atoms with Crippen LogP contribution in [0.3, 0.4) is 0 Å². The highest BCUT2D eigenvalue weighted by Gasteiger charge is 2.29. The minimum Gasteiger partial charge on any atom is -0.373 e. The first-order valence-corrected chi connectivity index (χ1v) is 7.37. The summed E-state index contributed by atoms with van der Waals surface area (Å²) in [5.41, 5.74) is -0.180. The van der Waals surface area contributed by atoms with Crippen molar-refractivity contribution >= 4 is 29.2 Å². The van der Waals surface area contributed by atoms with E-state index in [1.807, 2.05) is 0 Å². The van der Waals surface area contributed by atoms with Crippen LogP contribution in [0.25, 0.3) is 0 Å². The van der Waals surface area contributed by atoms with Crippen LogP contribution in [0.4, 0.5) is 11.5 Å². The minimum atomic E-state index is -0.573. The third-order valence-corrected chi connectivity index (χ3v) is 4.48. The maximum atomic E-state index is 12.5. The van der Waals surface area contributed by atoms with E-state index < -0.39 is 4.92 Å². The van der Waals surface area contributed by atoms with Gasteiger partial charge in [-0.3, -0.25) is 14.9 Å². The molecule has 1 fully saturated rings. The van der Waals surface area contributed by atoms with E-state index in [0.29, 0.717) is 5.82 Å². The number of amides is 1. The second-order valence-electron chi connectivity index (χ2n) is 4.53. The lowest BCUT2D eigenvalue weighted by molar-refractivity contribution is -0.385. The van der Waals surface area contributed by atoms with Gasteiger partial charge < -0.3 is 10.2 Å². The van der Waals surface area contributed by atoms with Gasteiger partial charge in [-0.05, 0) is 12.2 Å². The quantitative estimate of drug-likeness (QED) is 0.671. The van der Waals surface area contributed by atoms with Gasteiger partial charge in [0.15, 0.2) is 0 Å². The predicted molar refractivity (Wildman–Crippen MR) is 78.3 cm³/mol. The average molecular weight is 296 g/mol. The number of carbonyl (C=O) groups excluding carboxylic acids is 1. The van der Waals surface area contributed by atoms with E-state index >= 15 is 0 Å². The van der Waals surface area contributed by atoms with E-state index in [-0.39, 0.29) is 23.2 Å². The maximum Gasteiger partial charge on any atom is 0.300 e. The number of carbonyl (C=O) groups is 1. The Labute approximate surface area is 120 Å². The predicted octanol–water partition coefficient (Wildman–Crippen LogP) is 1.61. The zero-order chi connectivity index (χ0) is 14.7. The van der Waals surface area contributed by atoms with Gasteiger partial charge in [0, 0.05) is 32.0 Å². The first-order chi connectivity index (χ1) is 9.54. The molecule has 1 aromatic rings. The standard InChI is InChI=1S/C12H16N4O3S/c1-13-11-5-9(10(6-14-11)16(18)19)12(17)15(2)8-3-4-20-7-8/h5-6,8H,3-4,7H2,1-2H3,(H,13,14). The number of nitrogens with one attached hydrogen (secondary N) is 1. The van der Waals surface area contributed by atoms with Crippen molar-refractivity contribution < 1.29 is 9.72 Å². The summed E-state index contributed by atoms with van der Waals surface area (Å²) in [7, 11) is 3.35. The molecule has 1 atom stereocenters. The molecule has 8 heteroatoms. The molecule has 108 valence electrons. The van der Waals surface area contributed by atoms with Crippen molar-refractivity contribution in [2.75, 3.05) is 30.9 Å². The van der Waals surface area contributed by atoms with Crippen molar-refractivity contribution in [3.8, 4) is 0 Å². The highest BCUT2D eigenvalue weighted by atomic mass is 32.2. The summed E-state index contributed by atoms with van der Waals surface area (Å²) < 4.78 is 0. The smallest absolute Gasteiger partial charge is 0.300 e. The molecule has 2 heterocycles. The molecule has 1 amide bonds. The lowest BCUT2D eigenvalue weighted by atomic mass is 10.1. The Balaban J connectivity index is 2.33. The number of nitro groups is 1. The number of thioether (sulfide) groups is 1. The number of hydrogen-bond donors (Lipinski definition) is 1. The van der Waals surface area contributed by atoms with E-state index in [0.717, 1.165) is 24.1 Å². The Hall–Kier alpha value is -1.83. The zero-order valence-electron chi connectivity index (χ0n) is 11.3. The molecule has 0 saturated carbocycles. The normalized spacial score (nSPS) is 17.8. The molecule has 0 radical (unpaired) electrons. The summed E-state index contributed by atoms with van der Waals surface area (Å²) in [6.45, 7) is 0. The van der Waals surface area contributed by atoms with Gasteiger partial charge in [0.25, 0.3) is 11.6 Å². The van der Waals surface area contributed by atoms with Gasteiger partial charge >= 0.3 is 0 Å². The first-order valence-electron chi connectivity index (χ1n) is 6.21. The molecule has 7 nitrogen and oxygen atoms in total. The molecule has 0 bridgehead atoms. The number of aromatic nitrogens is 1. The molecule has 20 heavy (non-hydrogen) atoms. The zero-order valence-corrected chi connectivity index (χ0v) is 12.1. The third-order valence-electron chi connectivity index (χ3n) is 3.34. The van der Waals surface area contributed by atoms with Crippen LogP contribution < -0.4 is 5.32 Å². The SMILES string of the molecule is CNc1cc(C(=O)N(C)C2CCSC2)c([N+](=O)[O-])cn1. The molecule has 1 aliphatic rings. The molecule has 0 spiro atoms. The molecular weight excluding hydrogens is 280 g/mol. The summed E-state index contributed by atoms with van der Waals surface area (Å²) in [5.74, 6) is 2.00. The van der Waals surface area contributed by atoms with Crippen LogP contribution in [-0.2, 0) is 0 Å². The van der Waals surface area contributed by atoms with Crippen molar-refractivity contribution in [2.45, 2.75) is 12.5 Å². The second-order valence-corrected chi connectivity index (χ2v) is 5.68. The molecule has 1 N–H and O–H groups in total. The average Bonchev–Trinajstić information content (AvgIpc) is 2.99. The van der Waals surface area contributed by atoms with E-state index in [2.05, 4.69) is 10.3 Å². The van der Waals surface area contributed by atoms with Gasteiger partial charge in [0.2, 0.25) is 0 Å². The van der Waals surface area contributed by atoms with Crippen LogP contribution in [0, 0.1) is 10.1 Å². The van der Waals surface area contributed by atoms with Crippen LogP contribution in [0.5, 0.6) is 0 Å². The lowest BCUT2D eigenvalue weighted by Gasteiger charge is -2.23. The van der Waals surface area contributed by atoms with E-state index in [9.17, 15) is 14.9 Å². The van der Waals surface area contributed by atoms with Crippen LogP contribution in [0.1, 0.15) is 16.8 Å². The fourth-order valence-electron chi connectivity index (χ4n) is 2.09. The minimum absolute atomic E-state index is 0.0775. The van der Waals surface area contributed by atoms with Gasteiger partial charge in [0.1, 0.15) is 17.6 Å². The summed E-state index contributed by atoms with van der Waals surface area (Å²) in [6, 6.07) is 1.57. The summed E-state index contributed by atoms with van der Waals surface area (Å²) in [5, 5.41) is 13.8. The topological polar surface area (TPSA) is 88.4 Å². The number of rotatable bonds is 4. The molecule has 0 aromatic carbocycles. The second kappa shape index (κ2) is 6.08. The number of hydrogen-bond acceptors (Lipinski definition) is 6. The first kappa shape index (κ1) is 14.6. The third kappa shape index (κ3) is 2.84. The number of pyridine rings is 1. The van der Waals surface area contributed by atoms with E-state index in [1.54, 1.807) is 30.8 Å². The van der Waals surface area contributed by atoms with Gasteiger partial charge in [-0.25, -0.2) is 4.98 Å². The Morgan fingerprint density at radius 1 is 1.65 bits per heavy atom. The Kier molecular flexibility index (Phi) is 4.43. The van der Waals surface area contributed by atoms with Crippen molar-refractivity contribution in [3.05, 3.63) is 27.9 Å². The largest absolute Gasteiger partial charge is 0.373 e. The molecule has 1 saturated heterocycles. The van der Waals surface area contributed by atoms with Crippen molar-refractivity contribution in [1.82, 2.24) is 9.88 Å². The number of nitrogens with zero attached hydrogens (tertiary/aromatic N) is 3. The Morgan fingerprint density at radius 2 is 2.40 bits per heavy atom. The summed E-state index contributed by atoms with van der Waals surface area (Å²) in [4.78, 5) is 28.4. The molecular formula is C12H16N4O3S. The van der Waals surface area contributed by atoms with Crippen LogP contribution in [0.15, 0.2) is 12.3 Å². The van der Waals surface area contributed by atoms with Crippen LogP contribution >= 0.6 is 11.8 Å².